The monoisotopic (exact) mass is 306 g/mol. The SMILES string of the molecule is Cc1cccc(C(Cl)c2ccc(CC(C)C)cc2)c1Cl. The molecule has 0 aromatic heterocycles. The molecule has 0 N–H and O–H groups in total. The Bertz CT molecular complexity index is 570. The van der Waals surface area contributed by atoms with Crippen LogP contribution >= 0.6 is 23.2 Å². The number of rotatable bonds is 4. The van der Waals surface area contributed by atoms with E-state index in [2.05, 4.69) is 38.1 Å². The Hall–Kier alpha value is -0.980. The highest BCUT2D eigenvalue weighted by atomic mass is 35.5. The van der Waals surface area contributed by atoms with Crippen LogP contribution in [0, 0.1) is 12.8 Å². The van der Waals surface area contributed by atoms with Gasteiger partial charge in [0.15, 0.2) is 0 Å². The van der Waals surface area contributed by atoms with Crippen molar-refractivity contribution < 1.29 is 0 Å². The van der Waals surface area contributed by atoms with Gasteiger partial charge < -0.3 is 0 Å². The molecule has 0 aliphatic carbocycles. The van der Waals surface area contributed by atoms with Crippen molar-refractivity contribution in [2.75, 3.05) is 0 Å². The van der Waals surface area contributed by atoms with Crippen molar-refractivity contribution >= 4 is 23.2 Å². The minimum Gasteiger partial charge on any atom is -0.113 e. The summed E-state index contributed by atoms with van der Waals surface area (Å²) < 4.78 is 0. The molecule has 2 aromatic rings. The Kier molecular flexibility index (Phi) is 5.12. The van der Waals surface area contributed by atoms with Gasteiger partial charge in [0.1, 0.15) is 0 Å². The summed E-state index contributed by atoms with van der Waals surface area (Å²) in [6, 6.07) is 14.5. The first kappa shape index (κ1) is 15.4. The topological polar surface area (TPSA) is 0 Å². The Morgan fingerprint density at radius 2 is 1.65 bits per heavy atom. The van der Waals surface area contributed by atoms with E-state index < -0.39 is 0 Å². The Morgan fingerprint density at radius 1 is 1.00 bits per heavy atom. The molecule has 0 nitrogen and oxygen atoms in total. The van der Waals surface area contributed by atoms with Crippen LogP contribution in [-0.2, 0) is 6.42 Å². The van der Waals surface area contributed by atoms with Crippen LogP contribution in [0.25, 0.3) is 0 Å². The second-order valence-corrected chi connectivity index (χ2v) is 6.49. The number of halogens is 2. The maximum atomic E-state index is 6.58. The summed E-state index contributed by atoms with van der Waals surface area (Å²) in [5.41, 5.74) is 4.48. The van der Waals surface area contributed by atoms with Gasteiger partial charge in [-0.05, 0) is 41.5 Å². The summed E-state index contributed by atoms with van der Waals surface area (Å²) in [6.07, 6.45) is 1.10. The molecule has 0 saturated heterocycles. The van der Waals surface area contributed by atoms with Crippen LogP contribution in [0.3, 0.4) is 0 Å². The lowest BCUT2D eigenvalue weighted by Gasteiger charge is -2.14. The Morgan fingerprint density at radius 3 is 2.25 bits per heavy atom. The first-order valence-corrected chi connectivity index (χ1v) is 7.78. The van der Waals surface area contributed by atoms with E-state index in [4.69, 9.17) is 23.2 Å². The van der Waals surface area contributed by atoms with Crippen LogP contribution in [0.15, 0.2) is 42.5 Å². The molecule has 2 aromatic carbocycles. The van der Waals surface area contributed by atoms with Gasteiger partial charge in [-0.15, -0.1) is 11.6 Å². The summed E-state index contributed by atoms with van der Waals surface area (Å²) in [5, 5.41) is 0.564. The highest BCUT2D eigenvalue weighted by molar-refractivity contribution is 6.33. The van der Waals surface area contributed by atoms with Gasteiger partial charge in [-0.3, -0.25) is 0 Å². The summed E-state index contributed by atoms with van der Waals surface area (Å²) in [4.78, 5) is 0. The summed E-state index contributed by atoms with van der Waals surface area (Å²) in [7, 11) is 0. The first-order valence-electron chi connectivity index (χ1n) is 6.97. The van der Waals surface area contributed by atoms with Gasteiger partial charge in [0.25, 0.3) is 0 Å². The minimum absolute atomic E-state index is 0.199. The number of benzene rings is 2. The molecule has 0 fully saturated rings. The van der Waals surface area contributed by atoms with E-state index in [9.17, 15) is 0 Å². The fourth-order valence-corrected chi connectivity index (χ4v) is 2.96. The molecule has 106 valence electrons. The van der Waals surface area contributed by atoms with Crippen LogP contribution in [0.2, 0.25) is 5.02 Å². The van der Waals surface area contributed by atoms with Crippen molar-refractivity contribution in [1.82, 2.24) is 0 Å². The molecule has 0 radical (unpaired) electrons. The summed E-state index contributed by atoms with van der Waals surface area (Å²) in [6.45, 7) is 6.46. The van der Waals surface area contributed by atoms with Crippen LogP contribution in [0.5, 0.6) is 0 Å². The quantitative estimate of drug-likeness (QED) is 0.592. The Balaban J connectivity index is 2.25. The zero-order chi connectivity index (χ0) is 14.7. The predicted molar refractivity (Wildman–Crippen MR) is 88.9 cm³/mol. The third-order valence-electron chi connectivity index (χ3n) is 3.41. The van der Waals surface area contributed by atoms with Gasteiger partial charge >= 0.3 is 0 Å². The van der Waals surface area contributed by atoms with Gasteiger partial charge in [-0.25, -0.2) is 0 Å². The van der Waals surface area contributed by atoms with E-state index in [0.29, 0.717) is 5.92 Å². The fraction of sp³-hybridized carbons (Fsp3) is 0.333. The molecule has 0 spiro atoms. The average Bonchev–Trinajstić information content (AvgIpc) is 2.41. The lowest BCUT2D eigenvalue weighted by Crippen LogP contribution is -1.98. The van der Waals surface area contributed by atoms with E-state index in [1.165, 1.54) is 5.56 Å². The lowest BCUT2D eigenvalue weighted by atomic mass is 9.98. The van der Waals surface area contributed by atoms with Crippen LogP contribution < -0.4 is 0 Å². The third-order valence-corrected chi connectivity index (χ3v) is 4.41. The van der Waals surface area contributed by atoms with Crippen molar-refractivity contribution in [3.8, 4) is 0 Å². The van der Waals surface area contributed by atoms with Crippen molar-refractivity contribution in [2.24, 2.45) is 5.92 Å². The van der Waals surface area contributed by atoms with E-state index in [1.807, 2.05) is 25.1 Å². The van der Waals surface area contributed by atoms with Gasteiger partial charge in [-0.2, -0.15) is 0 Å². The minimum atomic E-state index is -0.199. The standard InChI is InChI=1S/C18H20Cl2/c1-12(2)11-14-7-9-15(10-8-14)18(20)16-6-4-5-13(3)17(16)19/h4-10,12,18H,11H2,1-3H3. The molecular weight excluding hydrogens is 287 g/mol. The highest BCUT2D eigenvalue weighted by Crippen LogP contribution is 2.35. The van der Waals surface area contributed by atoms with Crippen LogP contribution in [-0.4, -0.2) is 0 Å². The number of alkyl halides is 1. The van der Waals surface area contributed by atoms with E-state index >= 15 is 0 Å². The molecule has 0 aliphatic rings. The number of hydrogen-bond donors (Lipinski definition) is 0. The maximum absolute atomic E-state index is 6.58. The Labute approximate surface area is 131 Å². The van der Waals surface area contributed by atoms with E-state index in [1.54, 1.807) is 0 Å². The number of aryl methyl sites for hydroxylation is 1. The molecule has 2 rings (SSSR count). The normalized spacial score (nSPS) is 12.7. The van der Waals surface area contributed by atoms with E-state index in [0.717, 1.165) is 28.1 Å². The average molecular weight is 307 g/mol. The maximum Gasteiger partial charge on any atom is 0.0849 e. The molecule has 0 saturated carbocycles. The van der Waals surface area contributed by atoms with Gasteiger partial charge in [0.2, 0.25) is 0 Å². The van der Waals surface area contributed by atoms with E-state index in [-0.39, 0.29) is 5.38 Å². The molecular formula is C18H20Cl2. The first-order chi connectivity index (χ1) is 9.49. The number of hydrogen-bond acceptors (Lipinski definition) is 0. The zero-order valence-electron chi connectivity index (χ0n) is 12.2. The fourth-order valence-electron chi connectivity index (χ4n) is 2.34. The second-order valence-electron chi connectivity index (χ2n) is 5.68. The van der Waals surface area contributed by atoms with Crippen molar-refractivity contribution in [1.29, 1.82) is 0 Å². The largest absolute Gasteiger partial charge is 0.113 e. The van der Waals surface area contributed by atoms with Gasteiger partial charge in [-0.1, -0.05) is 67.9 Å². The molecule has 2 heteroatoms. The molecule has 0 amide bonds. The summed E-state index contributed by atoms with van der Waals surface area (Å²) >= 11 is 12.9. The predicted octanol–water partition coefficient (Wildman–Crippen LogP) is 6.18. The van der Waals surface area contributed by atoms with Crippen molar-refractivity contribution in [2.45, 2.75) is 32.6 Å². The van der Waals surface area contributed by atoms with Gasteiger partial charge in [0.05, 0.1) is 5.38 Å². The molecule has 0 bridgehead atoms. The highest BCUT2D eigenvalue weighted by Gasteiger charge is 2.15. The third kappa shape index (κ3) is 3.56. The second kappa shape index (κ2) is 6.65. The molecule has 1 atom stereocenters. The lowest BCUT2D eigenvalue weighted by molar-refractivity contribution is 0.647. The molecule has 20 heavy (non-hydrogen) atoms. The van der Waals surface area contributed by atoms with Crippen molar-refractivity contribution in [3.05, 3.63) is 69.7 Å². The zero-order valence-corrected chi connectivity index (χ0v) is 13.7. The van der Waals surface area contributed by atoms with Crippen LogP contribution in [0.4, 0.5) is 0 Å². The van der Waals surface area contributed by atoms with Crippen molar-refractivity contribution in [3.63, 3.8) is 0 Å². The molecule has 0 heterocycles. The smallest absolute Gasteiger partial charge is 0.0849 e. The molecule has 0 aliphatic heterocycles. The van der Waals surface area contributed by atoms with Gasteiger partial charge in [0, 0.05) is 5.02 Å². The summed E-state index contributed by atoms with van der Waals surface area (Å²) in [5.74, 6) is 0.666. The molecule has 1 unspecified atom stereocenters. The van der Waals surface area contributed by atoms with Crippen LogP contribution in [0.1, 0.15) is 41.5 Å².